The number of carbonyl (C=O) groups excluding carboxylic acids is 1. The van der Waals surface area contributed by atoms with Crippen LogP contribution in [0, 0.1) is 6.92 Å². The number of benzene rings is 3. The molecular weight excluding hydrogens is 448 g/mol. The van der Waals surface area contributed by atoms with Gasteiger partial charge in [-0.05, 0) is 78.9 Å². The summed E-state index contributed by atoms with van der Waals surface area (Å²) in [5, 5.41) is 2.13. The van der Waals surface area contributed by atoms with Crippen LogP contribution in [0.15, 0.2) is 59.6 Å². The van der Waals surface area contributed by atoms with Gasteiger partial charge in [0.05, 0.1) is 23.9 Å². The number of amides is 1. The third-order valence-electron chi connectivity index (χ3n) is 7.79. The first kappa shape index (κ1) is 23.0. The first-order chi connectivity index (χ1) is 17.7. The van der Waals surface area contributed by atoms with Crippen molar-refractivity contribution < 1.29 is 9.53 Å². The summed E-state index contributed by atoms with van der Waals surface area (Å²) >= 11 is 0. The van der Waals surface area contributed by atoms with Crippen molar-refractivity contribution in [1.29, 1.82) is 0 Å². The molecule has 0 radical (unpaired) electrons. The Kier molecular flexibility index (Phi) is 6.36. The topological polar surface area (TPSA) is 48.4 Å². The minimum absolute atomic E-state index is 0.106. The molecule has 2 fully saturated rings. The number of carbonyl (C=O) groups is 1. The molecule has 0 bridgehead atoms. The van der Waals surface area contributed by atoms with E-state index in [0.29, 0.717) is 12.2 Å². The number of anilines is 1. The summed E-state index contributed by atoms with van der Waals surface area (Å²) in [5.74, 6) is 1.02. The summed E-state index contributed by atoms with van der Waals surface area (Å²) in [5.41, 5.74) is 3.90. The standard InChI is InChI=1S/C30H34N4O2/c1-22-17-23-18-27-28(31-21-26-9-5-11-34(26)30(27)35)19-24(23)20-29(22)36-16-6-10-32-12-14-33(15-13-32)25-7-3-2-4-8-25/h2-4,7-8,17-21,26H,5-6,9-16H2,1H3/t26-/m0/s1. The second kappa shape index (κ2) is 9.94. The van der Waals surface area contributed by atoms with Crippen LogP contribution >= 0.6 is 0 Å². The van der Waals surface area contributed by atoms with Crippen molar-refractivity contribution in [3.05, 3.63) is 65.7 Å². The first-order valence-corrected chi connectivity index (χ1v) is 13.2. The Morgan fingerprint density at radius 1 is 0.972 bits per heavy atom. The van der Waals surface area contributed by atoms with E-state index in [2.05, 4.69) is 59.2 Å². The van der Waals surface area contributed by atoms with Crippen LogP contribution in [0.4, 0.5) is 11.4 Å². The minimum Gasteiger partial charge on any atom is -0.493 e. The molecule has 3 heterocycles. The van der Waals surface area contributed by atoms with Crippen molar-refractivity contribution in [1.82, 2.24) is 9.80 Å². The van der Waals surface area contributed by atoms with E-state index < -0.39 is 0 Å². The highest BCUT2D eigenvalue weighted by Gasteiger charge is 2.31. The van der Waals surface area contributed by atoms with E-state index in [1.807, 2.05) is 23.2 Å². The molecule has 186 valence electrons. The van der Waals surface area contributed by atoms with Crippen molar-refractivity contribution in [2.24, 2.45) is 4.99 Å². The maximum Gasteiger partial charge on any atom is 0.256 e. The summed E-state index contributed by atoms with van der Waals surface area (Å²) < 4.78 is 6.23. The van der Waals surface area contributed by atoms with E-state index in [-0.39, 0.29) is 11.9 Å². The van der Waals surface area contributed by atoms with E-state index in [4.69, 9.17) is 9.73 Å². The molecule has 0 saturated carbocycles. The van der Waals surface area contributed by atoms with Crippen molar-refractivity contribution in [3.63, 3.8) is 0 Å². The quantitative estimate of drug-likeness (QED) is 0.461. The maximum atomic E-state index is 13.1. The van der Waals surface area contributed by atoms with Gasteiger partial charge in [-0.2, -0.15) is 0 Å². The molecule has 6 rings (SSSR count). The number of hydrogen-bond acceptors (Lipinski definition) is 5. The van der Waals surface area contributed by atoms with Gasteiger partial charge in [0.1, 0.15) is 5.75 Å². The fourth-order valence-electron chi connectivity index (χ4n) is 5.72. The summed E-state index contributed by atoms with van der Waals surface area (Å²) in [4.78, 5) is 24.8. The van der Waals surface area contributed by atoms with E-state index in [1.54, 1.807) is 0 Å². The van der Waals surface area contributed by atoms with E-state index in [0.717, 1.165) is 86.3 Å². The Morgan fingerprint density at radius 3 is 2.61 bits per heavy atom. The second-order valence-electron chi connectivity index (χ2n) is 10.2. The molecule has 6 nitrogen and oxygen atoms in total. The number of piperazine rings is 1. The summed E-state index contributed by atoms with van der Waals surface area (Å²) in [6.45, 7) is 8.98. The van der Waals surface area contributed by atoms with Crippen LogP contribution in [0.5, 0.6) is 5.75 Å². The molecule has 0 aliphatic carbocycles. The third kappa shape index (κ3) is 4.58. The minimum atomic E-state index is 0.106. The molecular formula is C30H34N4O2. The van der Waals surface area contributed by atoms with Gasteiger partial charge < -0.3 is 14.5 Å². The molecule has 3 aliphatic heterocycles. The molecule has 2 saturated heterocycles. The summed E-state index contributed by atoms with van der Waals surface area (Å²) in [6.07, 6.45) is 5.01. The lowest BCUT2D eigenvalue weighted by molar-refractivity contribution is 0.0775. The molecule has 0 unspecified atom stereocenters. The van der Waals surface area contributed by atoms with Gasteiger partial charge in [-0.25, -0.2) is 0 Å². The highest BCUT2D eigenvalue weighted by molar-refractivity contribution is 6.06. The molecule has 0 N–H and O–H groups in total. The lowest BCUT2D eigenvalue weighted by Crippen LogP contribution is -2.46. The molecule has 6 heteroatoms. The summed E-state index contributed by atoms with van der Waals surface area (Å²) in [6, 6.07) is 19.1. The monoisotopic (exact) mass is 482 g/mol. The SMILES string of the molecule is Cc1cc2cc3c(cc2cc1OCCCN1CCN(c2ccccc2)CC1)N=C[C@@H]1CCCN1C3=O. The predicted octanol–water partition coefficient (Wildman–Crippen LogP) is 5.06. The average molecular weight is 483 g/mol. The third-order valence-corrected chi connectivity index (χ3v) is 7.79. The van der Waals surface area contributed by atoms with Crippen LogP contribution in [0.1, 0.15) is 35.2 Å². The first-order valence-electron chi connectivity index (χ1n) is 13.2. The van der Waals surface area contributed by atoms with Gasteiger partial charge in [0, 0.05) is 51.2 Å². The molecule has 3 aromatic rings. The van der Waals surface area contributed by atoms with Gasteiger partial charge in [0.2, 0.25) is 0 Å². The van der Waals surface area contributed by atoms with Crippen LogP contribution in [-0.2, 0) is 0 Å². The Labute approximate surface area is 213 Å². The number of nitrogens with zero attached hydrogens (tertiary/aromatic N) is 4. The fraction of sp³-hybridized carbons (Fsp3) is 0.400. The fourth-order valence-corrected chi connectivity index (χ4v) is 5.72. The molecule has 3 aliphatic rings. The zero-order chi connectivity index (χ0) is 24.5. The number of aliphatic imine (C=N–C) groups is 1. The van der Waals surface area contributed by atoms with Crippen molar-refractivity contribution in [2.45, 2.75) is 32.2 Å². The van der Waals surface area contributed by atoms with E-state index in [9.17, 15) is 4.79 Å². The van der Waals surface area contributed by atoms with Gasteiger partial charge in [-0.15, -0.1) is 0 Å². The van der Waals surface area contributed by atoms with Gasteiger partial charge >= 0.3 is 0 Å². The van der Waals surface area contributed by atoms with Gasteiger partial charge in [-0.3, -0.25) is 14.7 Å². The Bertz CT molecular complexity index is 1280. The number of fused-ring (bicyclic) bond motifs is 3. The Morgan fingerprint density at radius 2 is 1.78 bits per heavy atom. The predicted molar refractivity (Wildman–Crippen MR) is 146 cm³/mol. The number of rotatable bonds is 6. The van der Waals surface area contributed by atoms with Gasteiger partial charge in [-0.1, -0.05) is 18.2 Å². The molecule has 1 amide bonds. The van der Waals surface area contributed by atoms with E-state index in [1.165, 1.54) is 5.69 Å². The molecule has 3 aromatic carbocycles. The highest BCUT2D eigenvalue weighted by atomic mass is 16.5. The van der Waals surface area contributed by atoms with Crippen LogP contribution in [-0.4, -0.2) is 73.8 Å². The number of para-hydroxylation sites is 1. The van der Waals surface area contributed by atoms with Crippen LogP contribution in [0.2, 0.25) is 0 Å². The number of aryl methyl sites for hydroxylation is 1. The van der Waals surface area contributed by atoms with Crippen molar-refractivity contribution in [2.75, 3.05) is 50.8 Å². The van der Waals surface area contributed by atoms with Crippen molar-refractivity contribution in [3.8, 4) is 5.75 Å². The average Bonchev–Trinajstić information content (AvgIpc) is 3.34. The zero-order valence-electron chi connectivity index (χ0n) is 21.0. The van der Waals surface area contributed by atoms with Crippen LogP contribution in [0.3, 0.4) is 0 Å². The Balaban J connectivity index is 1.07. The lowest BCUT2D eigenvalue weighted by atomic mass is 10.0. The molecule has 36 heavy (non-hydrogen) atoms. The van der Waals surface area contributed by atoms with Crippen LogP contribution in [0.25, 0.3) is 10.8 Å². The Hall–Kier alpha value is -3.38. The highest BCUT2D eigenvalue weighted by Crippen LogP contribution is 2.34. The van der Waals surface area contributed by atoms with Gasteiger partial charge in [0.25, 0.3) is 5.91 Å². The summed E-state index contributed by atoms with van der Waals surface area (Å²) in [7, 11) is 0. The molecule has 1 atom stereocenters. The maximum absolute atomic E-state index is 13.1. The van der Waals surface area contributed by atoms with Crippen molar-refractivity contribution >= 4 is 34.3 Å². The van der Waals surface area contributed by atoms with Gasteiger partial charge in [0.15, 0.2) is 0 Å². The normalized spacial score (nSPS) is 19.9. The molecule has 0 aromatic heterocycles. The second-order valence-corrected chi connectivity index (χ2v) is 10.2. The smallest absolute Gasteiger partial charge is 0.256 e. The number of hydrogen-bond donors (Lipinski definition) is 0. The molecule has 0 spiro atoms. The largest absolute Gasteiger partial charge is 0.493 e. The lowest BCUT2D eigenvalue weighted by Gasteiger charge is -2.36. The van der Waals surface area contributed by atoms with Crippen LogP contribution < -0.4 is 9.64 Å². The van der Waals surface area contributed by atoms with E-state index >= 15 is 0 Å². The zero-order valence-corrected chi connectivity index (χ0v) is 21.0. The number of ether oxygens (including phenoxy) is 1.